The van der Waals surface area contributed by atoms with Crippen LogP contribution in [0.1, 0.15) is 31.0 Å². The maximum atomic E-state index is 5.47. The van der Waals surface area contributed by atoms with Crippen LogP contribution in [-0.4, -0.2) is 26.7 Å². The van der Waals surface area contributed by atoms with Crippen molar-refractivity contribution >= 4 is 29.9 Å². The van der Waals surface area contributed by atoms with E-state index in [1.165, 1.54) is 5.56 Å². The Labute approximate surface area is 173 Å². The van der Waals surface area contributed by atoms with Gasteiger partial charge in [0.1, 0.15) is 0 Å². The van der Waals surface area contributed by atoms with E-state index in [9.17, 15) is 0 Å². The third-order valence-electron chi connectivity index (χ3n) is 3.89. The van der Waals surface area contributed by atoms with Crippen molar-refractivity contribution in [3.05, 3.63) is 59.7 Å². The highest BCUT2D eigenvalue weighted by molar-refractivity contribution is 14.0. The number of guanidine groups is 1. The Bertz CT molecular complexity index is 693. The Kier molecular flexibility index (Phi) is 9.87. The van der Waals surface area contributed by atoms with Crippen LogP contribution in [-0.2, 0) is 6.54 Å². The summed E-state index contributed by atoms with van der Waals surface area (Å²) in [4.78, 5) is 4.69. The van der Waals surface area contributed by atoms with Crippen molar-refractivity contribution in [3.63, 3.8) is 0 Å². The van der Waals surface area contributed by atoms with Crippen LogP contribution >= 0.6 is 24.0 Å². The molecule has 2 aromatic rings. The number of hydrogen-bond acceptors (Lipinski definition) is 3. The minimum atomic E-state index is 0. The summed E-state index contributed by atoms with van der Waals surface area (Å²) >= 11 is 0. The minimum Gasteiger partial charge on any atom is -0.493 e. The molecule has 1 atom stereocenters. The second kappa shape index (κ2) is 11.6. The lowest BCUT2D eigenvalue weighted by atomic mass is 10.1. The molecule has 2 aromatic carbocycles. The highest BCUT2D eigenvalue weighted by Gasteiger charge is 2.10. The highest BCUT2D eigenvalue weighted by atomic mass is 127. The molecule has 0 heterocycles. The van der Waals surface area contributed by atoms with Gasteiger partial charge in [-0.25, -0.2) is 4.99 Å². The summed E-state index contributed by atoms with van der Waals surface area (Å²) in [6.45, 7) is 5.46. The number of nitrogens with one attached hydrogen (secondary N) is 2. The summed E-state index contributed by atoms with van der Waals surface area (Å²) in [5.41, 5.74) is 2.19. The van der Waals surface area contributed by atoms with Crippen molar-refractivity contribution in [2.45, 2.75) is 26.4 Å². The maximum absolute atomic E-state index is 5.47. The molecule has 2 N–H and O–H groups in total. The SMILES string of the molecule is CCNC(=NCc1cccc(OC)c1OC)NC(C)c1ccccc1.I. The molecule has 0 radical (unpaired) electrons. The number of methoxy groups -OCH3 is 2. The Morgan fingerprint density at radius 2 is 1.77 bits per heavy atom. The molecule has 6 heteroatoms. The molecule has 0 bridgehead atoms. The van der Waals surface area contributed by atoms with E-state index >= 15 is 0 Å². The van der Waals surface area contributed by atoms with Gasteiger partial charge >= 0.3 is 0 Å². The van der Waals surface area contributed by atoms with E-state index in [1.807, 2.05) is 36.4 Å². The number of ether oxygens (including phenoxy) is 2. The van der Waals surface area contributed by atoms with E-state index in [2.05, 4.69) is 36.6 Å². The number of rotatable bonds is 7. The molecule has 26 heavy (non-hydrogen) atoms. The van der Waals surface area contributed by atoms with E-state index < -0.39 is 0 Å². The monoisotopic (exact) mass is 469 g/mol. The van der Waals surface area contributed by atoms with Gasteiger partial charge < -0.3 is 20.1 Å². The predicted molar refractivity (Wildman–Crippen MR) is 118 cm³/mol. The number of hydrogen-bond donors (Lipinski definition) is 2. The number of halogens is 1. The van der Waals surface area contributed by atoms with Crippen LogP contribution in [0.2, 0.25) is 0 Å². The fraction of sp³-hybridized carbons (Fsp3) is 0.350. The quantitative estimate of drug-likeness (QED) is 0.364. The van der Waals surface area contributed by atoms with Gasteiger partial charge in [0, 0.05) is 12.1 Å². The number of aliphatic imine (C=N–C) groups is 1. The second-order valence-corrected chi connectivity index (χ2v) is 5.62. The van der Waals surface area contributed by atoms with Gasteiger partial charge in [-0.05, 0) is 25.5 Å². The molecule has 0 saturated heterocycles. The van der Waals surface area contributed by atoms with Crippen molar-refractivity contribution in [1.82, 2.24) is 10.6 Å². The first kappa shape index (κ1) is 22.1. The van der Waals surface area contributed by atoms with E-state index in [4.69, 9.17) is 14.5 Å². The van der Waals surface area contributed by atoms with Gasteiger partial charge in [-0.2, -0.15) is 0 Å². The van der Waals surface area contributed by atoms with Crippen LogP contribution in [0.4, 0.5) is 0 Å². The summed E-state index contributed by atoms with van der Waals surface area (Å²) < 4.78 is 10.8. The lowest BCUT2D eigenvalue weighted by Crippen LogP contribution is -2.38. The first-order valence-corrected chi connectivity index (χ1v) is 8.49. The molecule has 0 amide bonds. The summed E-state index contributed by atoms with van der Waals surface area (Å²) in [5, 5.41) is 6.72. The normalized spacial score (nSPS) is 11.9. The molecule has 0 saturated carbocycles. The van der Waals surface area contributed by atoms with Crippen LogP contribution in [0.5, 0.6) is 11.5 Å². The van der Waals surface area contributed by atoms with Gasteiger partial charge in [-0.3, -0.25) is 0 Å². The fourth-order valence-electron chi connectivity index (χ4n) is 2.59. The van der Waals surface area contributed by atoms with E-state index in [-0.39, 0.29) is 30.0 Å². The summed E-state index contributed by atoms with van der Waals surface area (Å²) in [6, 6.07) is 16.3. The Morgan fingerprint density at radius 1 is 1.04 bits per heavy atom. The van der Waals surface area contributed by atoms with Crippen LogP contribution < -0.4 is 20.1 Å². The van der Waals surface area contributed by atoms with Gasteiger partial charge in [0.25, 0.3) is 0 Å². The Morgan fingerprint density at radius 3 is 2.38 bits per heavy atom. The third kappa shape index (κ3) is 6.09. The molecule has 5 nitrogen and oxygen atoms in total. The van der Waals surface area contributed by atoms with Gasteiger partial charge in [0.2, 0.25) is 0 Å². The molecule has 0 spiro atoms. The van der Waals surface area contributed by atoms with Gasteiger partial charge in [-0.1, -0.05) is 42.5 Å². The average molecular weight is 469 g/mol. The third-order valence-corrected chi connectivity index (χ3v) is 3.89. The highest BCUT2D eigenvalue weighted by Crippen LogP contribution is 2.31. The molecule has 0 aliphatic rings. The summed E-state index contributed by atoms with van der Waals surface area (Å²) in [7, 11) is 3.28. The number of nitrogens with zero attached hydrogens (tertiary/aromatic N) is 1. The Hall–Kier alpha value is -1.96. The molecule has 2 rings (SSSR count). The minimum absolute atomic E-state index is 0. The van der Waals surface area contributed by atoms with Crippen molar-refractivity contribution in [1.29, 1.82) is 0 Å². The van der Waals surface area contributed by atoms with Crippen LogP contribution in [0.25, 0.3) is 0 Å². The zero-order valence-electron chi connectivity index (χ0n) is 15.8. The molecule has 142 valence electrons. The van der Waals surface area contributed by atoms with E-state index in [0.29, 0.717) is 12.3 Å². The van der Waals surface area contributed by atoms with Crippen molar-refractivity contribution in [3.8, 4) is 11.5 Å². The first-order chi connectivity index (χ1) is 12.2. The number of para-hydroxylation sites is 1. The van der Waals surface area contributed by atoms with Gasteiger partial charge in [-0.15, -0.1) is 24.0 Å². The lowest BCUT2D eigenvalue weighted by Gasteiger charge is -2.18. The fourth-order valence-corrected chi connectivity index (χ4v) is 2.59. The molecule has 0 fully saturated rings. The topological polar surface area (TPSA) is 54.9 Å². The average Bonchev–Trinajstić information content (AvgIpc) is 2.66. The van der Waals surface area contributed by atoms with Gasteiger partial charge in [0.15, 0.2) is 17.5 Å². The van der Waals surface area contributed by atoms with E-state index in [0.717, 1.165) is 23.8 Å². The first-order valence-electron chi connectivity index (χ1n) is 8.49. The van der Waals surface area contributed by atoms with Gasteiger partial charge in [0.05, 0.1) is 26.8 Å². The van der Waals surface area contributed by atoms with Crippen LogP contribution in [0.3, 0.4) is 0 Å². The number of benzene rings is 2. The van der Waals surface area contributed by atoms with Crippen LogP contribution in [0, 0.1) is 0 Å². The molecule has 0 aliphatic carbocycles. The molecular weight excluding hydrogens is 441 g/mol. The Balaban J connectivity index is 0.00000338. The molecule has 0 aliphatic heterocycles. The van der Waals surface area contributed by atoms with Crippen molar-refractivity contribution in [2.24, 2.45) is 4.99 Å². The smallest absolute Gasteiger partial charge is 0.192 e. The maximum Gasteiger partial charge on any atom is 0.192 e. The van der Waals surface area contributed by atoms with Crippen molar-refractivity contribution in [2.75, 3.05) is 20.8 Å². The largest absolute Gasteiger partial charge is 0.493 e. The zero-order chi connectivity index (χ0) is 18.1. The predicted octanol–water partition coefficient (Wildman–Crippen LogP) is 4.14. The summed E-state index contributed by atoms with van der Waals surface area (Å²) in [6.07, 6.45) is 0. The molecule has 0 aromatic heterocycles. The standard InChI is InChI=1S/C20H27N3O2.HI/c1-5-21-20(23-15(2)16-10-7-6-8-11-16)22-14-17-12-9-13-18(24-3)19(17)25-4;/h6-13,15H,5,14H2,1-4H3,(H2,21,22,23);1H. The second-order valence-electron chi connectivity index (χ2n) is 5.62. The zero-order valence-corrected chi connectivity index (χ0v) is 18.1. The molecular formula is C20H28IN3O2. The van der Waals surface area contributed by atoms with E-state index in [1.54, 1.807) is 14.2 Å². The van der Waals surface area contributed by atoms with Crippen molar-refractivity contribution < 1.29 is 9.47 Å². The molecule has 1 unspecified atom stereocenters. The summed E-state index contributed by atoms with van der Waals surface area (Å²) in [5.74, 6) is 2.20. The van der Waals surface area contributed by atoms with Crippen LogP contribution in [0.15, 0.2) is 53.5 Å². The lowest BCUT2D eigenvalue weighted by molar-refractivity contribution is 0.352.